The first-order chi connectivity index (χ1) is 18.8. The van der Waals surface area contributed by atoms with Gasteiger partial charge in [0.25, 0.3) is 10.0 Å². The summed E-state index contributed by atoms with van der Waals surface area (Å²) in [4.78, 5) is 28.3. The van der Waals surface area contributed by atoms with E-state index in [1.807, 2.05) is 13.8 Å². The summed E-state index contributed by atoms with van der Waals surface area (Å²) in [6.45, 7) is 4.69. The summed E-state index contributed by atoms with van der Waals surface area (Å²) in [5, 5.41) is 3.84. The van der Waals surface area contributed by atoms with E-state index in [0.717, 1.165) is 4.31 Å². The third-order valence-electron chi connectivity index (χ3n) is 6.29. The average Bonchev–Trinajstić information content (AvgIpc) is 2.92. The highest BCUT2D eigenvalue weighted by Crippen LogP contribution is 2.33. The van der Waals surface area contributed by atoms with E-state index in [2.05, 4.69) is 5.32 Å². The van der Waals surface area contributed by atoms with Gasteiger partial charge in [0.15, 0.2) is 0 Å². The molecule has 2 atom stereocenters. The van der Waals surface area contributed by atoms with E-state index in [-0.39, 0.29) is 39.1 Å². The molecule has 0 radical (unpaired) electrons. The average molecular weight is 645 g/mol. The zero-order chi connectivity index (χ0) is 29.6. The van der Waals surface area contributed by atoms with Crippen LogP contribution in [0.2, 0.25) is 20.1 Å². The van der Waals surface area contributed by atoms with Crippen LogP contribution in [-0.4, -0.2) is 43.8 Å². The van der Waals surface area contributed by atoms with Crippen LogP contribution < -0.4 is 9.62 Å². The fraction of sp³-hybridized carbons (Fsp3) is 0.286. The number of hydrogen-bond donors (Lipinski definition) is 1. The molecule has 0 heterocycles. The van der Waals surface area contributed by atoms with Gasteiger partial charge in [-0.25, -0.2) is 8.42 Å². The van der Waals surface area contributed by atoms with Crippen molar-refractivity contribution >= 4 is 73.9 Å². The van der Waals surface area contributed by atoms with E-state index < -0.39 is 28.5 Å². The molecule has 214 valence electrons. The standard InChI is InChI=1S/C28H29Cl4N3O4S/c1-4-18(2)33-28(37)19(3)34(16-20-10-12-23(30)24(31)14-20)27(36)17-35(26-13-11-21(29)15-25(26)32)40(38,39)22-8-6-5-7-9-22/h5-15,18-19H,4,16-17H2,1-3H3,(H,33,37)/t18-,19+/m1/s1. The lowest BCUT2D eigenvalue weighted by Crippen LogP contribution is -2.52. The summed E-state index contributed by atoms with van der Waals surface area (Å²) in [6.07, 6.45) is 0.692. The predicted molar refractivity (Wildman–Crippen MR) is 162 cm³/mol. The lowest BCUT2D eigenvalue weighted by molar-refractivity contribution is -0.139. The van der Waals surface area contributed by atoms with E-state index in [4.69, 9.17) is 46.4 Å². The fourth-order valence-electron chi connectivity index (χ4n) is 3.80. The molecule has 0 bridgehead atoms. The van der Waals surface area contributed by atoms with Crippen LogP contribution in [0.1, 0.15) is 32.8 Å². The number of nitrogens with zero attached hydrogens (tertiary/aromatic N) is 2. The third kappa shape index (κ3) is 7.83. The number of nitrogens with one attached hydrogen (secondary N) is 1. The van der Waals surface area contributed by atoms with Crippen molar-refractivity contribution in [3.8, 4) is 0 Å². The number of halogens is 4. The van der Waals surface area contributed by atoms with E-state index in [0.29, 0.717) is 22.0 Å². The molecule has 40 heavy (non-hydrogen) atoms. The van der Waals surface area contributed by atoms with Gasteiger partial charge in [-0.2, -0.15) is 0 Å². The Morgan fingerprint density at radius 2 is 1.55 bits per heavy atom. The highest BCUT2D eigenvalue weighted by molar-refractivity contribution is 7.92. The van der Waals surface area contributed by atoms with Crippen molar-refractivity contribution in [1.29, 1.82) is 0 Å². The number of benzene rings is 3. The number of anilines is 1. The Kier molecular flexibility index (Phi) is 11.1. The number of hydrogen-bond acceptors (Lipinski definition) is 4. The van der Waals surface area contributed by atoms with Gasteiger partial charge in [0.05, 0.1) is 25.7 Å². The highest BCUT2D eigenvalue weighted by atomic mass is 35.5. The topological polar surface area (TPSA) is 86.8 Å². The summed E-state index contributed by atoms with van der Waals surface area (Å²) in [7, 11) is -4.25. The third-order valence-corrected chi connectivity index (χ3v) is 9.34. The molecule has 0 unspecified atom stereocenters. The second-order valence-corrected chi connectivity index (χ2v) is 12.7. The van der Waals surface area contributed by atoms with Gasteiger partial charge in [-0.05, 0) is 68.3 Å². The number of carbonyl (C=O) groups is 2. The van der Waals surface area contributed by atoms with Gasteiger partial charge in [-0.15, -0.1) is 0 Å². The first kappa shape index (κ1) is 32.0. The molecular formula is C28H29Cl4N3O4S. The molecule has 3 rings (SSSR count). The largest absolute Gasteiger partial charge is 0.352 e. The molecule has 3 aromatic rings. The highest BCUT2D eigenvalue weighted by Gasteiger charge is 2.33. The van der Waals surface area contributed by atoms with Gasteiger partial charge in [-0.1, -0.05) is 77.6 Å². The molecule has 12 heteroatoms. The van der Waals surface area contributed by atoms with Gasteiger partial charge >= 0.3 is 0 Å². The Labute approximate surface area is 255 Å². The summed E-state index contributed by atoms with van der Waals surface area (Å²) in [5.41, 5.74) is 0.669. The van der Waals surface area contributed by atoms with E-state index >= 15 is 0 Å². The Hall–Kier alpha value is -2.49. The summed E-state index contributed by atoms with van der Waals surface area (Å²) >= 11 is 24.7. The van der Waals surface area contributed by atoms with E-state index in [1.54, 1.807) is 43.3 Å². The molecule has 0 aliphatic heterocycles. The molecule has 0 fully saturated rings. The molecule has 7 nitrogen and oxygen atoms in total. The summed E-state index contributed by atoms with van der Waals surface area (Å²) in [6, 6.07) is 15.8. The molecule has 3 aromatic carbocycles. The fourth-order valence-corrected chi connectivity index (χ4v) is 6.13. The minimum absolute atomic E-state index is 0.0294. The number of carbonyl (C=O) groups excluding carboxylic acids is 2. The van der Waals surface area contributed by atoms with Gasteiger partial charge in [-0.3, -0.25) is 13.9 Å². The van der Waals surface area contributed by atoms with Gasteiger partial charge < -0.3 is 10.2 Å². The van der Waals surface area contributed by atoms with Crippen LogP contribution in [0.4, 0.5) is 5.69 Å². The van der Waals surface area contributed by atoms with Crippen molar-refractivity contribution < 1.29 is 18.0 Å². The van der Waals surface area contributed by atoms with E-state index in [9.17, 15) is 18.0 Å². The maximum absolute atomic E-state index is 14.0. The molecular weight excluding hydrogens is 616 g/mol. The zero-order valence-electron chi connectivity index (χ0n) is 22.1. The number of sulfonamides is 1. The van der Waals surface area contributed by atoms with Crippen molar-refractivity contribution in [1.82, 2.24) is 10.2 Å². The maximum Gasteiger partial charge on any atom is 0.264 e. The molecule has 0 aliphatic carbocycles. The van der Waals surface area contributed by atoms with Gasteiger partial charge in [0, 0.05) is 17.6 Å². The molecule has 0 aromatic heterocycles. The van der Waals surface area contributed by atoms with Crippen molar-refractivity contribution in [3.63, 3.8) is 0 Å². The van der Waals surface area contributed by atoms with Crippen molar-refractivity contribution in [2.75, 3.05) is 10.8 Å². The molecule has 0 aliphatic rings. The van der Waals surface area contributed by atoms with Gasteiger partial charge in [0.1, 0.15) is 12.6 Å². The lowest BCUT2D eigenvalue weighted by Gasteiger charge is -2.32. The van der Waals surface area contributed by atoms with Crippen LogP contribution in [0.25, 0.3) is 0 Å². The molecule has 0 saturated carbocycles. The Morgan fingerprint density at radius 3 is 2.15 bits per heavy atom. The second-order valence-electron chi connectivity index (χ2n) is 9.18. The Bertz CT molecular complexity index is 1470. The smallest absolute Gasteiger partial charge is 0.264 e. The van der Waals surface area contributed by atoms with Crippen LogP contribution in [-0.2, 0) is 26.2 Å². The normalized spacial score (nSPS) is 12.9. The molecule has 0 spiro atoms. The Balaban J connectivity index is 2.06. The van der Waals surface area contributed by atoms with E-state index in [1.165, 1.54) is 35.2 Å². The number of rotatable bonds is 11. The van der Waals surface area contributed by atoms with Crippen LogP contribution >= 0.6 is 46.4 Å². The summed E-state index contributed by atoms with van der Waals surface area (Å²) < 4.78 is 28.5. The lowest BCUT2D eigenvalue weighted by atomic mass is 10.1. The first-order valence-corrected chi connectivity index (χ1v) is 15.4. The SMILES string of the molecule is CC[C@@H](C)NC(=O)[C@H](C)N(Cc1ccc(Cl)c(Cl)c1)C(=O)CN(c1ccc(Cl)cc1Cl)S(=O)(=O)c1ccccc1. The predicted octanol–water partition coefficient (Wildman–Crippen LogP) is 6.83. The molecule has 1 N–H and O–H groups in total. The minimum Gasteiger partial charge on any atom is -0.352 e. The van der Waals surface area contributed by atoms with Gasteiger partial charge in [0.2, 0.25) is 11.8 Å². The zero-order valence-corrected chi connectivity index (χ0v) is 25.9. The molecule has 2 amide bonds. The van der Waals surface area contributed by atoms with Crippen LogP contribution in [0.15, 0.2) is 71.6 Å². The van der Waals surface area contributed by atoms with Crippen LogP contribution in [0, 0.1) is 0 Å². The summed E-state index contributed by atoms with van der Waals surface area (Å²) in [5.74, 6) is -1.02. The van der Waals surface area contributed by atoms with Crippen molar-refractivity contribution in [3.05, 3.63) is 92.4 Å². The minimum atomic E-state index is -4.25. The van der Waals surface area contributed by atoms with Crippen molar-refractivity contribution in [2.24, 2.45) is 0 Å². The second kappa shape index (κ2) is 13.9. The Morgan fingerprint density at radius 1 is 0.875 bits per heavy atom. The first-order valence-electron chi connectivity index (χ1n) is 12.4. The maximum atomic E-state index is 14.0. The van der Waals surface area contributed by atoms with Crippen molar-refractivity contribution in [2.45, 2.75) is 50.7 Å². The van der Waals surface area contributed by atoms with Crippen LogP contribution in [0.3, 0.4) is 0 Å². The monoisotopic (exact) mass is 643 g/mol. The number of amides is 2. The molecule has 0 saturated heterocycles. The quantitative estimate of drug-likeness (QED) is 0.248. The van der Waals surface area contributed by atoms with Crippen LogP contribution in [0.5, 0.6) is 0 Å².